The summed E-state index contributed by atoms with van der Waals surface area (Å²) in [5, 5.41) is 10.4. The number of rotatable bonds is 8. The summed E-state index contributed by atoms with van der Waals surface area (Å²) in [5.74, 6) is 3.27. The highest BCUT2D eigenvalue weighted by Gasteiger charge is 2.17. The van der Waals surface area contributed by atoms with E-state index in [-0.39, 0.29) is 0 Å². The lowest BCUT2D eigenvalue weighted by Gasteiger charge is -2.10. The Morgan fingerprint density at radius 2 is 1.75 bits per heavy atom. The molecular formula is C24H20ClN5OS. The molecule has 0 saturated heterocycles. The van der Waals surface area contributed by atoms with E-state index >= 15 is 0 Å². The van der Waals surface area contributed by atoms with E-state index in [1.54, 1.807) is 18.0 Å². The first kappa shape index (κ1) is 20.6. The molecule has 0 saturated carbocycles. The van der Waals surface area contributed by atoms with Crippen LogP contribution in [0.25, 0.3) is 11.4 Å². The number of imidazole rings is 1. The van der Waals surface area contributed by atoms with Crippen molar-refractivity contribution in [2.24, 2.45) is 0 Å². The molecule has 32 heavy (non-hydrogen) atoms. The molecule has 0 radical (unpaired) electrons. The number of thioether (sulfide) groups is 1. The Balaban J connectivity index is 1.39. The molecule has 8 heteroatoms. The largest absolute Gasteiger partial charge is 0.467 e. The summed E-state index contributed by atoms with van der Waals surface area (Å²) in [6, 6.07) is 21.8. The van der Waals surface area contributed by atoms with E-state index in [9.17, 15) is 0 Å². The van der Waals surface area contributed by atoms with Crippen LogP contribution in [0.1, 0.15) is 17.1 Å². The van der Waals surface area contributed by atoms with Crippen molar-refractivity contribution < 1.29 is 4.42 Å². The molecule has 0 amide bonds. The zero-order chi connectivity index (χ0) is 21.8. The molecule has 0 bridgehead atoms. The van der Waals surface area contributed by atoms with Gasteiger partial charge < -0.3 is 8.98 Å². The molecule has 160 valence electrons. The minimum Gasteiger partial charge on any atom is -0.467 e. The fourth-order valence-corrected chi connectivity index (χ4v) is 4.47. The van der Waals surface area contributed by atoms with Crippen molar-refractivity contribution in [3.63, 3.8) is 0 Å². The van der Waals surface area contributed by atoms with Crippen molar-refractivity contribution >= 4 is 23.4 Å². The van der Waals surface area contributed by atoms with E-state index in [1.807, 2.05) is 54.9 Å². The highest BCUT2D eigenvalue weighted by molar-refractivity contribution is 7.98. The van der Waals surface area contributed by atoms with Gasteiger partial charge in [0.05, 0.1) is 18.6 Å². The second-order valence-electron chi connectivity index (χ2n) is 7.22. The van der Waals surface area contributed by atoms with E-state index in [4.69, 9.17) is 16.0 Å². The van der Waals surface area contributed by atoms with Gasteiger partial charge in [-0.3, -0.25) is 4.57 Å². The van der Waals surface area contributed by atoms with Crippen molar-refractivity contribution in [3.8, 4) is 11.4 Å². The van der Waals surface area contributed by atoms with Crippen LogP contribution < -0.4 is 0 Å². The van der Waals surface area contributed by atoms with Gasteiger partial charge in [-0.1, -0.05) is 53.7 Å². The molecule has 3 heterocycles. The van der Waals surface area contributed by atoms with Crippen LogP contribution in [-0.4, -0.2) is 24.3 Å². The van der Waals surface area contributed by atoms with E-state index in [1.165, 1.54) is 5.56 Å². The van der Waals surface area contributed by atoms with Gasteiger partial charge in [0.2, 0.25) is 0 Å². The Morgan fingerprint density at radius 1 is 0.906 bits per heavy atom. The number of hydrogen-bond donors (Lipinski definition) is 0. The van der Waals surface area contributed by atoms with Crippen LogP contribution in [0.3, 0.4) is 0 Å². The summed E-state index contributed by atoms with van der Waals surface area (Å²) in [4.78, 5) is 4.56. The number of hydrogen-bond acceptors (Lipinski definition) is 5. The number of nitrogens with zero attached hydrogens (tertiary/aromatic N) is 5. The molecule has 0 aliphatic rings. The summed E-state index contributed by atoms with van der Waals surface area (Å²) in [6.45, 7) is 1.32. The summed E-state index contributed by atoms with van der Waals surface area (Å²) in [5.41, 5.74) is 2.19. The molecular weight excluding hydrogens is 442 g/mol. The van der Waals surface area contributed by atoms with Gasteiger partial charge in [-0.15, -0.1) is 10.2 Å². The van der Waals surface area contributed by atoms with Crippen molar-refractivity contribution in [1.82, 2.24) is 24.3 Å². The Kier molecular flexibility index (Phi) is 6.09. The predicted molar refractivity (Wildman–Crippen MR) is 126 cm³/mol. The van der Waals surface area contributed by atoms with E-state index in [0.29, 0.717) is 17.3 Å². The number of benzene rings is 2. The van der Waals surface area contributed by atoms with Crippen LogP contribution in [0.4, 0.5) is 0 Å². The molecule has 0 atom stereocenters. The van der Waals surface area contributed by atoms with Crippen LogP contribution >= 0.6 is 23.4 Å². The van der Waals surface area contributed by atoms with Gasteiger partial charge in [0, 0.05) is 29.5 Å². The molecule has 3 aromatic heterocycles. The highest BCUT2D eigenvalue weighted by Crippen LogP contribution is 2.28. The standard InChI is InChI=1S/C24H20ClN5OS/c25-20-10-8-19(9-11-20)23-27-28-24(30(23)16-21-7-4-14-31-21)32-17-22-26-12-13-29(22)15-18-5-2-1-3-6-18/h1-14H,15-17H2. The highest BCUT2D eigenvalue weighted by atomic mass is 35.5. The third kappa shape index (κ3) is 4.64. The minimum absolute atomic E-state index is 0.540. The van der Waals surface area contributed by atoms with E-state index < -0.39 is 0 Å². The van der Waals surface area contributed by atoms with Crippen molar-refractivity contribution in [2.75, 3.05) is 0 Å². The summed E-state index contributed by atoms with van der Waals surface area (Å²) >= 11 is 7.68. The molecule has 5 aromatic rings. The predicted octanol–water partition coefficient (Wildman–Crippen LogP) is 5.78. The summed E-state index contributed by atoms with van der Waals surface area (Å²) in [7, 11) is 0. The molecule has 6 nitrogen and oxygen atoms in total. The number of aromatic nitrogens is 5. The second kappa shape index (κ2) is 9.46. The molecule has 0 fully saturated rings. The van der Waals surface area contributed by atoms with Gasteiger partial charge in [-0.2, -0.15) is 0 Å². The Bertz CT molecular complexity index is 1280. The topological polar surface area (TPSA) is 61.7 Å². The van der Waals surface area contributed by atoms with Gasteiger partial charge in [0.15, 0.2) is 11.0 Å². The van der Waals surface area contributed by atoms with Gasteiger partial charge in [-0.05, 0) is 42.0 Å². The number of furan rings is 1. The monoisotopic (exact) mass is 461 g/mol. The SMILES string of the molecule is Clc1ccc(-c2nnc(SCc3nccn3Cc3ccccc3)n2Cc2ccco2)cc1. The Hall–Kier alpha value is -3.29. The third-order valence-electron chi connectivity index (χ3n) is 5.04. The average Bonchev–Trinajstić information content (AvgIpc) is 3.57. The molecule has 0 unspecified atom stereocenters. The maximum absolute atomic E-state index is 6.07. The normalized spacial score (nSPS) is 11.2. The van der Waals surface area contributed by atoms with E-state index in [0.717, 1.165) is 34.7 Å². The van der Waals surface area contributed by atoms with Gasteiger partial charge >= 0.3 is 0 Å². The minimum atomic E-state index is 0.540. The Morgan fingerprint density at radius 3 is 2.53 bits per heavy atom. The van der Waals surface area contributed by atoms with Crippen LogP contribution in [0.15, 0.2) is 95.0 Å². The lowest BCUT2D eigenvalue weighted by atomic mass is 10.2. The quantitative estimate of drug-likeness (QED) is 0.274. The van der Waals surface area contributed by atoms with Gasteiger partial charge in [0.1, 0.15) is 11.6 Å². The first-order chi connectivity index (χ1) is 15.8. The molecule has 0 aliphatic carbocycles. The molecule has 5 rings (SSSR count). The molecule has 0 aliphatic heterocycles. The smallest absolute Gasteiger partial charge is 0.192 e. The maximum atomic E-state index is 6.07. The zero-order valence-electron chi connectivity index (χ0n) is 17.1. The lowest BCUT2D eigenvalue weighted by Crippen LogP contribution is -2.05. The van der Waals surface area contributed by atoms with Crippen LogP contribution in [0.5, 0.6) is 0 Å². The van der Waals surface area contributed by atoms with Crippen LogP contribution in [-0.2, 0) is 18.8 Å². The Labute approximate surface area is 194 Å². The van der Waals surface area contributed by atoms with E-state index in [2.05, 4.69) is 48.6 Å². The fraction of sp³-hybridized carbons (Fsp3) is 0.125. The maximum Gasteiger partial charge on any atom is 0.192 e. The van der Waals surface area contributed by atoms with Gasteiger partial charge in [-0.25, -0.2) is 4.98 Å². The first-order valence-electron chi connectivity index (χ1n) is 10.1. The molecule has 2 aromatic carbocycles. The second-order valence-corrected chi connectivity index (χ2v) is 8.60. The van der Waals surface area contributed by atoms with Crippen molar-refractivity contribution in [3.05, 3.63) is 108 Å². The molecule has 0 spiro atoms. The fourth-order valence-electron chi connectivity index (χ4n) is 3.44. The molecule has 0 N–H and O–H groups in total. The third-order valence-corrected chi connectivity index (χ3v) is 6.26. The number of halogens is 1. The van der Waals surface area contributed by atoms with Crippen LogP contribution in [0, 0.1) is 0 Å². The average molecular weight is 462 g/mol. The van der Waals surface area contributed by atoms with Crippen LogP contribution in [0.2, 0.25) is 5.02 Å². The van der Waals surface area contributed by atoms with Crippen molar-refractivity contribution in [2.45, 2.75) is 24.0 Å². The lowest BCUT2D eigenvalue weighted by molar-refractivity contribution is 0.485. The summed E-state index contributed by atoms with van der Waals surface area (Å²) in [6.07, 6.45) is 5.52. The van der Waals surface area contributed by atoms with Gasteiger partial charge in [0.25, 0.3) is 0 Å². The summed E-state index contributed by atoms with van der Waals surface area (Å²) < 4.78 is 9.81. The zero-order valence-corrected chi connectivity index (χ0v) is 18.7. The van der Waals surface area contributed by atoms with Crippen molar-refractivity contribution in [1.29, 1.82) is 0 Å². The first-order valence-corrected chi connectivity index (χ1v) is 11.5.